The highest BCUT2D eigenvalue weighted by molar-refractivity contribution is 5.90. The summed E-state index contributed by atoms with van der Waals surface area (Å²) in [5, 5.41) is 11.5. The van der Waals surface area contributed by atoms with Crippen LogP contribution >= 0.6 is 0 Å². The Kier molecular flexibility index (Phi) is 7.29. The number of hydrogen-bond acceptors (Lipinski definition) is 5. The minimum atomic E-state index is -0.889. The van der Waals surface area contributed by atoms with Crippen molar-refractivity contribution in [3.8, 4) is 33.8 Å². The number of aromatic nitrogens is 4. The highest BCUT2D eigenvalue weighted by Gasteiger charge is 2.33. The monoisotopic (exact) mass is 574 g/mol. The van der Waals surface area contributed by atoms with Crippen LogP contribution in [0.25, 0.3) is 33.8 Å². The molecule has 0 unspecified atom stereocenters. The van der Waals surface area contributed by atoms with Crippen LogP contribution in [0.15, 0.2) is 98.9 Å². The third-order valence-corrected chi connectivity index (χ3v) is 7.46. The first kappa shape index (κ1) is 27.6. The van der Waals surface area contributed by atoms with Gasteiger partial charge in [0.25, 0.3) is 11.1 Å². The fraction of sp³-hybridized carbons (Fsp3) is 0.147. The number of ether oxygens (including phenoxy) is 1. The van der Waals surface area contributed by atoms with E-state index in [1.54, 1.807) is 37.3 Å². The van der Waals surface area contributed by atoms with Crippen LogP contribution in [0, 0.1) is 13.8 Å². The zero-order valence-corrected chi connectivity index (χ0v) is 23.9. The van der Waals surface area contributed by atoms with Gasteiger partial charge < -0.3 is 9.15 Å². The zero-order chi connectivity index (χ0) is 30.1. The summed E-state index contributed by atoms with van der Waals surface area (Å²) in [7, 11) is 0. The van der Waals surface area contributed by atoms with Crippen LogP contribution in [0.5, 0.6) is 0 Å². The molecule has 0 radical (unpaired) electrons. The van der Waals surface area contributed by atoms with Gasteiger partial charge in [0.1, 0.15) is 11.5 Å². The fourth-order valence-electron chi connectivity index (χ4n) is 5.29. The number of esters is 1. The molecular formula is C34H30N4O5. The first-order valence-electron chi connectivity index (χ1n) is 14.0. The number of H-pyrrole nitrogens is 4. The van der Waals surface area contributed by atoms with Crippen LogP contribution in [0.3, 0.4) is 0 Å². The lowest BCUT2D eigenvalue weighted by Crippen LogP contribution is -2.19. The summed E-state index contributed by atoms with van der Waals surface area (Å²) in [5.74, 6) is -0.468. The highest BCUT2D eigenvalue weighted by Crippen LogP contribution is 2.39. The van der Waals surface area contributed by atoms with Gasteiger partial charge in [-0.05, 0) is 56.2 Å². The molecule has 0 spiro atoms. The molecule has 216 valence electrons. The van der Waals surface area contributed by atoms with Crippen LogP contribution in [0.1, 0.15) is 51.2 Å². The van der Waals surface area contributed by atoms with Crippen LogP contribution in [0.2, 0.25) is 0 Å². The number of aryl methyl sites for hydroxylation is 2. The van der Waals surface area contributed by atoms with Crippen LogP contribution in [-0.4, -0.2) is 33.0 Å². The molecule has 0 fully saturated rings. The smallest absolute Gasteiger partial charge is 0.338 e. The first-order valence-corrected chi connectivity index (χ1v) is 14.0. The number of nitrogens with one attached hydrogen (secondary N) is 4. The van der Waals surface area contributed by atoms with E-state index in [-0.39, 0.29) is 17.7 Å². The lowest BCUT2D eigenvalue weighted by Gasteiger charge is -2.15. The van der Waals surface area contributed by atoms with Gasteiger partial charge in [-0.2, -0.15) is 0 Å². The number of benzene rings is 3. The maximum atomic E-state index is 13.5. The summed E-state index contributed by atoms with van der Waals surface area (Å²) in [6.45, 7) is 5.99. The van der Waals surface area contributed by atoms with Crippen molar-refractivity contribution >= 4 is 5.97 Å². The lowest BCUT2D eigenvalue weighted by molar-refractivity contribution is 0.0526. The van der Waals surface area contributed by atoms with Crippen LogP contribution in [-0.2, 0) is 4.74 Å². The topological polar surface area (TPSA) is 137 Å². The summed E-state index contributed by atoms with van der Waals surface area (Å²) >= 11 is 0. The third kappa shape index (κ3) is 5.28. The maximum absolute atomic E-state index is 13.5. The Labute approximate surface area is 246 Å². The Bertz CT molecular complexity index is 1920. The Morgan fingerprint density at radius 2 is 1.28 bits per heavy atom. The second kappa shape index (κ2) is 11.4. The van der Waals surface area contributed by atoms with E-state index in [1.807, 2.05) is 68.4 Å². The van der Waals surface area contributed by atoms with Gasteiger partial charge in [0.15, 0.2) is 0 Å². The van der Waals surface area contributed by atoms with E-state index in [1.165, 1.54) is 0 Å². The largest absolute Gasteiger partial charge is 0.462 e. The molecule has 9 nitrogen and oxygen atoms in total. The van der Waals surface area contributed by atoms with Crippen LogP contribution < -0.4 is 11.1 Å². The molecule has 0 aliphatic rings. The Morgan fingerprint density at radius 1 is 0.721 bits per heavy atom. The average molecular weight is 575 g/mol. The van der Waals surface area contributed by atoms with E-state index in [0.29, 0.717) is 45.2 Å². The molecule has 6 aromatic rings. The summed E-state index contributed by atoms with van der Waals surface area (Å²) in [5.41, 5.74) is 5.76. The molecule has 0 saturated carbocycles. The van der Waals surface area contributed by atoms with Crippen molar-refractivity contribution in [2.75, 3.05) is 6.61 Å². The van der Waals surface area contributed by atoms with E-state index in [0.717, 1.165) is 22.3 Å². The molecule has 3 aromatic heterocycles. The maximum Gasteiger partial charge on any atom is 0.338 e. The Balaban J connectivity index is 1.55. The quantitative estimate of drug-likeness (QED) is 0.158. The van der Waals surface area contributed by atoms with Gasteiger partial charge in [-0.15, -0.1) is 0 Å². The average Bonchev–Trinajstić information content (AvgIpc) is 3.75. The number of aromatic amines is 4. The SMILES string of the molecule is CCOC(=O)c1cccc(-c2ccc(C(c3c(-c4ccc(C)cc4)[nH][nH]c3=O)c3c(-c4ccc(C)cc4)[nH][nH]c3=O)o2)c1. The molecule has 4 N–H and O–H groups in total. The zero-order valence-electron chi connectivity index (χ0n) is 23.9. The number of carbonyl (C=O) groups excluding carboxylic acids is 1. The molecule has 3 heterocycles. The fourth-order valence-corrected chi connectivity index (χ4v) is 5.29. The van der Waals surface area contributed by atoms with Gasteiger partial charge in [0, 0.05) is 5.56 Å². The number of hydrogen-bond donors (Lipinski definition) is 4. The summed E-state index contributed by atoms with van der Waals surface area (Å²) in [6.07, 6.45) is 0. The Hall–Kier alpha value is -5.57. The number of rotatable bonds is 8. The molecule has 0 aliphatic heterocycles. The molecular weight excluding hydrogens is 544 g/mol. The van der Waals surface area contributed by atoms with Crippen molar-refractivity contribution in [3.05, 3.63) is 139 Å². The minimum absolute atomic E-state index is 0.263. The normalized spacial score (nSPS) is 11.3. The predicted molar refractivity (Wildman–Crippen MR) is 164 cm³/mol. The van der Waals surface area contributed by atoms with Gasteiger partial charge in [0.2, 0.25) is 0 Å². The van der Waals surface area contributed by atoms with Gasteiger partial charge in [-0.25, -0.2) is 4.79 Å². The second-order valence-corrected chi connectivity index (χ2v) is 10.4. The molecule has 0 atom stereocenters. The first-order chi connectivity index (χ1) is 20.8. The van der Waals surface area contributed by atoms with Crippen molar-refractivity contribution in [1.82, 2.24) is 20.4 Å². The van der Waals surface area contributed by atoms with Gasteiger partial charge in [-0.3, -0.25) is 30.0 Å². The summed E-state index contributed by atoms with van der Waals surface area (Å²) in [4.78, 5) is 39.5. The molecule has 0 bridgehead atoms. The summed E-state index contributed by atoms with van der Waals surface area (Å²) < 4.78 is 11.6. The van der Waals surface area contributed by atoms with Crippen molar-refractivity contribution in [2.24, 2.45) is 0 Å². The molecule has 9 heteroatoms. The molecule has 0 amide bonds. The molecule has 0 saturated heterocycles. The Morgan fingerprint density at radius 3 is 1.81 bits per heavy atom. The second-order valence-electron chi connectivity index (χ2n) is 10.4. The van der Waals surface area contributed by atoms with Crippen molar-refractivity contribution in [2.45, 2.75) is 26.7 Å². The summed E-state index contributed by atoms with van der Waals surface area (Å²) in [6, 6.07) is 26.0. The van der Waals surface area contributed by atoms with E-state index in [2.05, 4.69) is 20.4 Å². The predicted octanol–water partition coefficient (Wildman–Crippen LogP) is 6.29. The van der Waals surface area contributed by atoms with E-state index < -0.39 is 11.9 Å². The van der Waals surface area contributed by atoms with Gasteiger partial charge in [0.05, 0.1) is 40.6 Å². The van der Waals surface area contributed by atoms with Gasteiger partial charge in [-0.1, -0.05) is 71.8 Å². The molecule has 3 aromatic carbocycles. The standard InChI is InChI=1S/C34H30N4O5/c1-4-42-34(41)24-7-5-6-23(18-24)25-16-17-26(43-25)27(28-30(35-37-32(28)39)21-12-8-19(2)9-13-21)29-31(36-38-33(29)40)22-14-10-20(3)11-15-22/h5-18,27H,4H2,1-3H3,(H2,35,37,39)(H2,36,38,40). The number of carbonyl (C=O) groups is 1. The van der Waals surface area contributed by atoms with Crippen molar-refractivity contribution in [3.63, 3.8) is 0 Å². The van der Waals surface area contributed by atoms with Gasteiger partial charge >= 0.3 is 5.97 Å². The highest BCUT2D eigenvalue weighted by atomic mass is 16.5. The lowest BCUT2D eigenvalue weighted by atomic mass is 9.86. The van der Waals surface area contributed by atoms with Crippen LogP contribution in [0.4, 0.5) is 0 Å². The minimum Gasteiger partial charge on any atom is -0.462 e. The van der Waals surface area contributed by atoms with Crippen molar-refractivity contribution < 1.29 is 13.9 Å². The third-order valence-electron chi connectivity index (χ3n) is 7.46. The number of furan rings is 1. The molecule has 43 heavy (non-hydrogen) atoms. The van der Waals surface area contributed by atoms with E-state index in [4.69, 9.17) is 9.15 Å². The van der Waals surface area contributed by atoms with E-state index >= 15 is 0 Å². The van der Waals surface area contributed by atoms with E-state index in [9.17, 15) is 14.4 Å². The molecule has 6 rings (SSSR count). The van der Waals surface area contributed by atoms with Crippen molar-refractivity contribution in [1.29, 1.82) is 0 Å². The molecule has 0 aliphatic carbocycles.